The Labute approximate surface area is 183 Å². The van der Waals surface area contributed by atoms with Crippen molar-refractivity contribution in [3.63, 3.8) is 0 Å². The van der Waals surface area contributed by atoms with E-state index in [1.165, 1.54) is 5.56 Å². The molecule has 1 saturated heterocycles. The maximum Gasteiger partial charge on any atom is 0.253 e. The number of benzene rings is 2. The van der Waals surface area contributed by atoms with Crippen LogP contribution in [0, 0.1) is 5.92 Å². The number of pyridine rings is 1. The van der Waals surface area contributed by atoms with Crippen LogP contribution in [0.15, 0.2) is 66.9 Å². The lowest BCUT2D eigenvalue weighted by atomic mass is 10.1. The lowest BCUT2D eigenvalue weighted by molar-refractivity contribution is -0.128. The molecule has 1 aliphatic heterocycles. The summed E-state index contributed by atoms with van der Waals surface area (Å²) in [5.74, 6) is 0.343. The van der Waals surface area contributed by atoms with Crippen LogP contribution in [-0.4, -0.2) is 42.7 Å². The van der Waals surface area contributed by atoms with E-state index in [9.17, 15) is 4.79 Å². The van der Waals surface area contributed by atoms with Crippen LogP contribution in [-0.2, 0) is 16.0 Å². The van der Waals surface area contributed by atoms with Gasteiger partial charge in [-0.05, 0) is 56.0 Å². The highest BCUT2D eigenvalue weighted by molar-refractivity contribution is 5.95. The monoisotopic (exact) mass is 418 g/mol. The van der Waals surface area contributed by atoms with Crippen LogP contribution in [0.25, 0.3) is 10.9 Å². The Balaban J connectivity index is 1.41. The topological polar surface area (TPSA) is 89.3 Å². The molecule has 0 aliphatic carbocycles. The molecule has 0 spiro atoms. The number of carbonyl (C=O) groups is 1. The van der Waals surface area contributed by atoms with Gasteiger partial charge in [-0.2, -0.15) is 0 Å². The number of nitrogens with one attached hydrogen (secondary N) is 2. The van der Waals surface area contributed by atoms with Crippen LogP contribution >= 0.6 is 0 Å². The molecular weight excluding hydrogens is 388 g/mol. The van der Waals surface area contributed by atoms with Crippen molar-refractivity contribution >= 4 is 22.5 Å². The lowest BCUT2D eigenvalue weighted by Gasteiger charge is -2.20. The summed E-state index contributed by atoms with van der Waals surface area (Å²) in [6.45, 7) is 2.09. The van der Waals surface area contributed by atoms with Crippen molar-refractivity contribution < 1.29 is 9.53 Å². The van der Waals surface area contributed by atoms with Gasteiger partial charge < -0.3 is 21.1 Å². The Morgan fingerprint density at radius 2 is 2.00 bits per heavy atom. The highest BCUT2D eigenvalue weighted by Gasteiger charge is 2.26. The first-order chi connectivity index (χ1) is 15.2. The molecule has 4 N–H and O–H groups in total. The largest absolute Gasteiger partial charge is 0.367 e. The molecule has 3 atom stereocenters. The normalized spacial score (nSPS) is 19.4. The SMILES string of the molecule is NC[C@@H]1CN[C@@H](CO[C@H](CCc2ccccc2)C(=O)Nc2cnc3ccccc3c2)C1. The number of anilines is 1. The van der Waals surface area contributed by atoms with Crippen molar-refractivity contribution in [3.05, 3.63) is 72.4 Å². The van der Waals surface area contributed by atoms with E-state index >= 15 is 0 Å². The van der Waals surface area contributed by atoms with Crippen LogP contribution < -0.4 is 16.4 Å². The summed E-state index contributed by atoms with van der Waals surface area (Å²) in [5.41, 5.74) is 8.56. The zero-order valence-electron chi connectivity index (χ0n) is 17.7. The Kier molecular flexibility index (Phi) is 7.25. The number of hydrogen-bond donors (Lipinski definition) is 3. The number of para-hydroxylation sites is 1. The summed E-state index contributed by atoms with van der Waals surface area (Å²) in [6, 6.07) is 20.2. The zero-order valence-corrected chi connectivity index (χ0v) is 17.7. The van der Waals surface area contributed by atoms with Gasteiger partial charge in [-0.1, -0.05) is 48.5 Å². The molecule has 2 aromatic carbocycles. The van der Waals surface area contributed by atoms with Crippen molar-refractivity contribution in [1.82, 2.24) is 10.3 Å². The number of rotatable bonds is 9. The summed E-state index contributed by atoms with van der Waals surface area (Å²) in [6.07, 6.45) is 3.53. The predicted octanol–water partition coefficient (Wildman–Crippen LogP) is 3.13. The molecular formula is C25H30N4O2. The zero-order chi connectivity index (χ0) is 21.5. The van der Waals surface area contributed by atoms with E-state index in [1.54, 1.807) is 6.20 Å². The number of amides is 1. The van der Waals surface area contributed by atoms with Gasteiger partial charge in [0, 0.05) is 11.4 Å². The van der Waals surface area contributed by atoms with Gasteiger partial charge in [0.05, 0.1) is 24.0 Å². The molecule has 0 bridgehead atoms. The van der Waals surface area contributed by atoms with E-state index in [4.69, 9.17) is 10.5 Å². The van der Waals surface area contributed by atoms with Gasteiger partial charge in [0.2, 0.25) is 0 Å². The van der Waals surface area contributed by atoms with E-state index < -0.39 is 6.10 Å². The Bertz CT molecular complexity index is 995. The molecule has 2 heterocycles. The van der Waals surface area contributed by atoms with Crippen molar-refractivity contribution in [2.45, 2.75) is 31.4 Å². The smallest absolute Gasteiger partial charge is 0.253 e. The maximum absolute atomic E-state index is 13.1. The molecule has 0 radical (unpaired) electrons. The van der Waals surface area contributed by atoms with Gasteiger partial charge in [0.1, 0.15) is 6.10 Å². The third-order valence-electron chi connectivity index (χ3n) is 5.83. The number of fused-ring (bicyclic) bond motifs is 1. The molecule has 31 heavy (non-hydrogen) atoms. The number of hydrogen-bond acceptors (Lipinski definition) is 5. The van der Waals surface area contributed by atoms with Crippen LogP contribution in [0.4, 0.5) is 5.69 Å². The molecule has 0 saturated carbocycles. The third kappa shape index (κ3) is 5.88. The number of carbonyl (C=O) groups excluding carboxylic acids is 1. The van der Waals surface area contributed by atoms with Crippen LogP contribution in [0.5, 0.6) is 0 Å². The quantitative estimate of drug-likeness (QED) is 0.497. The second-order valence-electron chi connectivity index (χ2n) is 8.19. The first kappa shape index (κ1) is 21.4. The number of aryl methyl sites for hydroxylation is 1. The molecule has 1 aromatic heterocycles. The second kappa shape index (κ2) is 10.5. The van der Waals surface area contributed by atoms with Crippen molar-refractivity contribution in [3.8, 4) is 0 Å². The lowest BCUT2D eigenvalue weighted by Crippen LogP contribution is -2.36. The average molecular weight is 419 g/mol. The van der Waals surface area contributed by atoms with Gasteiger partial charge in [-0.3, -0.25) is 9.78 Å². The van der Waals surface area contributed by atoms with Gasteiger partial charge >= 0.3 is 0 Å². The van der Waals surface area contributed by atoms with Crippen molar-refractivity contribution in [2.24, 2.45) is 11.7 Å². The molecule has 6 heteroatoms. The van der Waals surface area contributed by atoms with Gasteiger partial charge in [-0.15, -0.1) is 0 Å². The second-order valence-corrected chi connectivity index (χ2v) is 8.19. The number of nitrogens with two attached hydrogens (primary N) is 1. The summed E-state index contributed by atoms with van der Waals surface area (Å²) in [5, 5.41) is 7.44. The molecule has 3 aromatic rings. The minimum absolute atomic E-state index is 0.138. The molecule has 4 rings (SSSR count). The number of ether oxygens (including phenoxy) is 1. The minimum atomic E-state index is -0.537. The average Bonchev–Trinajstić information content (AvgIpc) is 3.28. The van der Waals surface area contributed by atoms with E-state index in [-0.39, 0.29) is 11.9 Å². The number of aromatic nitrogens is 1. The van der Waals surface area contributed by atoms with Crippen LogP contribution in [0.1, 0.15) is 18.4 Å². The summed E-state index contributed by atoms with van der Waals surface area (Å²) >= 11 is 0. The van der Waals surface area contributed by atoms with E-state index in [0.29, 0.717) is 31.2 Å². The Morgan fingerprint density at radius 1 is 1.19 bits per heavy atom. The fourth-order valence-electron chi connectivity index (χ4n) is 4.04. The third-order valence-corrected chi connectivity index (χ3v) is 5.83. The Morgan fingerprint density at radius 3 is 2.81 bits per heavy atom. The van der Waals surface area contributed by atoms with Crippen LogP contribution in [0.3, 0.4) is 0 Å². The number of nitrogens with zero attached hydrogens (tertiary/aromatic N) is 1. The van der Waals surface area contributed by atoms with Crippen LogP contribution in [0.2, 0.25) is 0 Å². The molecule has 162 valence electrons. The first-order valence-electron chi connectivity index (χ1n) is 11.0. The van der Waals surface area contributed by atoms with Gasteiger partial charge in [0.15, 0.2) is 0 Å². The standard InChI is InChI=1S/C25H30N4O2/c26-14-19-12-22(27-15-19)17-31-24(11-10-18-6-2-1-3-7-18)25(30)29-21-13-20-8-4-5-9-23(20)28-16-21/h1-9,13,16,19,22,24,27H,10-12,14-15,17,26H2,(H,29,30)/t19-,22-,24-/m1/s1. The first-order valence-corrected chi connectivity index (χ1v) is 11.0. The minimum Gasteiger partial charge on any atom is -0.367 e. The predicted molar refractivity (Wildman–Crippen MR) is 124 cm³/mol. The highest BCUT2D eigenvalue weighted by Crippen LogP contribution is 2.18. The van der Waals surface area contributed by atoms with Gasteiger partial charge in [0.25, 0.3) is 5.91 Å². The van der Waals surface area contributed by atoms with E-state index in [2.05, 4.69) is 27.8 Å². The molecule has 1 amide bonds. The maximum atomic E-state index is 13.1. The highest BCUT2D eigenvalue weighted by atomic mass is 16.5. The molecule has 1 aliphatic rings. The summed E-state index contributed by atoms with van der Waals surface area (Å²) in [4.78, 5) is 17.5. The van der Waals surface area contributed by atoms with Gasteiger partial charge in [-0.25, -0.2) is 0 Å². The summed E-state index contributed by atoms with van der Waals surface area (Å²) in [7, 11) is 0. The van der Waals surface area contributed by atoms with E-state index in [0.717, 1.165) is 30.3 Å². The fraction of sp³-hybridized carbons (Fsp3) is 0.360. The van der Waals surface area contributed by atoms with Crippen molar-refractivity contribution in [2.75, 3.05) is 25.0 Å². The molecule has 6 nitrogen and oxygen atoms in total. The van der Waals surface area contributed by atoms with Crippen molar-refractivity contribution in [1.29, 1.82) is 0 Å². The van der Waals surface area contributed by atoms with E-state index in [1.807, 2.05) is 48.5 Å². The fourth-order valence-corrected chi connectivity index (χ4v) is 4.04. The molecule has 1 fully saturated rings. The summed E-state index contributed by atoms with van der Waals surface area (Å²) < 4.78 is 6.13. The Hall–Kier alpha value is -2.80. The molecule has 0 unspecified atom stereocenters.